The molecule has 6 nitrogen and oxygen atoms in total. The van der Waals surface area contributed by atoms with Crippen molar-refractivity contribution in [2.45, 2.75) is 71.0 Å². The molecule has 0 saturated heterocycles. The van der Waals surface area contributed by atoms with Crippen LogP contribution in [0.3, 0.4) is 0 Å². The Labute approximate surface area is 187 Å². The summed E-state index contributed by atoms with van der Waals surface area (Å²) in [5.74, 6) is -0.120. The Morgan fingerprint density at radius 3 is 2.35 bits per heavy atom. The Kier molecular flexibility index (Phi) is 7.85. The number of ether oxygens (including phenoxy) is 2. The van der Waals surface area contributed by atoms with Crippen LogP contribution in [0.25, 0.3) is 0 Å². The molecular weight excluding hydrogens is 406 g/mol. The fourth-order valence-corrected chi connectivity index (χ4v) is 4.29. The lowest BCUT2D eigenvalue weighted by Gasteiger charge is -2.35. The maximum absolute atomic E-state index is 10.6. The molecule has 0 spiro atoms. The molecule has 2 rings (SSSR count). The SMILES string of the molecule is CCc1c(OC)nc(OC)nc1C(C#N)c1cc(C)cc(CCC(C)(C)[Si](C)(C)O)c1. The number of hydrogen-bond acceptors (Lipinski definition) is 6. The van der Waals surface area contributed by atoms with Crippen LogP contribution in [0.5, 0.6) is 11.9 Å². The van der Waals surface area contributed by atoms with Crippen LogP contribution in [0.15, 0.2) is 18.2 Å². The molecule has 2 aromatic rings. The lowest BCUT2D eigenvalue weighted by molar-refractivity contribution is 0.346. The Bertz CT molecular complexity index is 962. The van der Waals surface area contributed by atoms with E-state index in [0.717, 1.165) is 35.1 Å². The molecule has 1 heterocycles. The molecule has 0 aliphatic heterocycles. The fourth-order valence-electron chi connectivity index (χ4n) is 3.55. The van der Waals surface area contributed by atoms with Crippen molar-refractivity contribution in [2.24, 2.45) is 0 Å². The van der Waals surface area contributed by atoms with Gasteiger partial charge in [0, 0.05) is 5.56 Å². The molecule has 168 valence electrons. The second kappa shape index (κ2) is 9.80. The number of aromatic nitrogens is 2. The van der Waals surface area contributed by atoms with Crippen LogP contribution in [0.4, 0.5) is 0 Å². The molecule has 1 N–H and O–H groups in total. The van der Waals surface area contributed by atoms with E-state index in [0.29, 0.717) is 18.0 Å². The van der Waals surface area contributed by atoms with Gasteiger partial charge in [0.05, 0.1) is 26.0 Å². The minimum atomic E-state index is -2.28. The number of hydrogen-bond donors (Lipinski definition) is 1. The van der Waals surface area contributed by atoms with E-state index in [1.54, 1.807) is 7.11 Å². The standard InChI is InChI=1S/C24H35N3O3Si/c1-9-19-21(26-23(30-6)27-22(19)29-5)20(15-25)18-13-16(2)12-17(14-18)10-11-24(3,4)31(7,8)28/h12-14,20,28H,9-11H2,1-8H3. The van der Waals surface area contributed by atoms with Gasteiger partial charge in [-0.1, -0.05) is 44.5 Å². The number of nitriles is 1. The highest BCUT2D eigenvalue weighted by Crippen LogP contribution is 2.40. The third-order valence-corrected chi connectivity index (χ3v) is 9.86. The van der Waals surface area contributed by atoms with E-state index in [1.165, 1.54) is 7.11 Å². The summed E-state index contributed by atoms with van der Waals surface area (Å²) < 4.78 is 10.7. The topological polar surface area (TPSA) is 88.3 Å². The second-order valence-corrected chi connectivity index (χ2v) is 13.7. The lowest BCUT2D eigenvalue weighted by Crippen LogP contribution is -2.39. The van der Waals surface area contributed by atoms with E-state index in [-0.39, 0.29) is 11.0 Å². The smallest absolute Gasteiger partial charge is 0.319 e. The fraction of sp³-hybridized carbons (Fsp3) is 0.542. The van der Waals surface area contributed by atoms with Crippen LogP contribution in [0.2, 0.25) is 18.1 Å². The molecule has 0 amide bonds. The van der Waals surface area contributed by atoms with Gasteiger partial charge in [-0.15, -0.1) is 0 Å². The minimum absolute atomic E-state index is 0.103. The summed E-state index contributed by atoms with van der Waals surface area (Å²) in [6.45, 7) is 12.3. The number of nitrogens with zero attached hydrogens (tertiary/aromatic N) is 3. The second-order valence-electron chi connectivity index (χ2n) is 9.19. The molecule has 0 saturated carbocycles. The quantitative estimate of drug-likeness (QED) is 0.555. The molecule has 1 unspecified atom stereocenters. The van der Waals surface area contributed by atoms with Gasteiger partial charge >= 0.3 is 6.01 Å². The zero-order valence-corrected chi connectivity index (χ0v) is 21.0. The summed E-state index contributed by atoms with van der Waals surface area (Å²) in [6.07, 6.45) is 2.37. The van der Waals surface area contributed by atoms with Gasteiger partial charge in [0.2, 0.25) is 5.88 Å². The zero-order chi connectivity index (χ0) is 23.4. The highest BCUT2D eigenvalue weighted by molar-refractivity contribution is 6.72. The van der Waals surface area contributed by atoms with Crippen LogP contribution in [-0.4, -0.2) is 37.3 Å². The van der Waals surface area contributed by atoms with Crippen molar-refractivity contribution < 1.29 is 14.3 Å². The van der Waals surface area contributed by atoms with Crippen LogP contribution < -0.4 is 9.47 Å². The van der Waals surface area contributed by atoms with E-state index < -0.39 is 14.2 Å². The van der Waals surface area contributed by atoms with Crippen molar-refractivity contribution in [3.05, 3.63) is 46.1 Å². The van der Waals surface area contributed by atoms with Crippen LogP contribution in [-0.2, 0) is 12.8 Å². The molecule has 0 radical (unpaired) electrons. The number of rotatable bonds is 9. The summed E-state index contributed by atoms with van der Waals surface area (Å²) >= 11 is 0. The molecule has 31 heavy (non-hydrogen) atoms. The van der Waals surface area contributed by atoms with Crippen molar-refractivity contribution in [2.75, 3.05) is 14.2 Å². The maximum atomic E-state index is 10.6. The van der Waals surface area contributed by atoms with Gasteiger partial charge in [-0.3, -0.25) is 0 Å². The van der Waals surface area contributed by atoms with Crippen molar-refractivity contribution in [1.82, 2.24) is 9.97 Å². The molecule has 0 aliphatic carbocycles. The van der Waals surface area contributed by atoms with Gasteiger partial charge in [0.25, 0.3) is 0 Å². The molecule has 1 aromatic heterocycles. The average molecular weight is 442 g/mol. The van der Waals surface area contributed by atoms with Crippen LogP contribution >= 0.6 is 0 Å². The van der Waals surface area contributed by atoms with E-state index in [9.17, 15) is 10.1 Å². The molecule has 1 atom stereocenters. The summed E-state index contributed by atoms with van der Waals surface area (Å²) in [4.78, 5) is 19.4. The normalized spacial score (nSPS) is 12.9. The van der Waals surface area contributed by atoms with Gasteiger partial charge in [0.15, 0.2) is 8.32 Å². The Morgan fingerprint density at radius 2 is 1.84 bits per heavy atom. The predicted octanol–water partition coefficient (Wildman–Crippen LogP) is 4.93. The minimum Gasteiger partial charge on any atom is -0.481 e. The van der Waals surface area contributed by atoms with Gasteiger partial charge in [0.1, 0.15) is 5.92 Å². The Hall–Kier alpha value is -2.43. The molecule has 0 bridgehead atoms. The molecule has 1 aromatic carbocycles. The van der Waals surface area contributed by atoms with E-state index >= 15 is 0 Å². The first-order valence-corrected chi connectivity index (χ1v) is 13.6. The first-order valence-electron chi connectivity index (χ1n) is 10.7. The third kappa shape index (κ3) is 5.63. The van der Waals surface area contributed by atoms with Crippen LogP contribution in [0.1, 0.15) is 61.1 Å². The highest BCUT2D eigenvalue weighted by Gasteiger charge is 2.37. The zero-order valence-electron chi connectivity index (χ0n) is 20.0. The summed E-state index contributed by atoms with van der Waals surface area (Å²) in [7, 11) is 0.786. The van der Waals surface area contributed by atoms with Gasteiger partial charge < -0.3 is 14.3 Å². The summed E-state index contributed by atoms with van der Waals surface area (Å²) in [5.41, 5.74) is 4.58. The van der Waals surface area contributed by atoms with Crippen LogP contribution in [0, 0.1) is 18.3 Å². The van der Waals surface area contributed by atoms with E-state index in [4.69, 9.17) is 9.47 Å². The lowest BCUT2D eigenvalue weighted by atomic mass is 9.89. The van der Waals surface area contributed by atoms with E-state index in [2.05, 4.69) is 42.0 Å². The summed E-state index contributed by atoms with van der Waals surface area (Å²) in [5, 5.41) is 10.0. The number of methoxy groups -OCH3 is 2. The van der Waals surface area contributed by atoms with E-state index in [1.807, 2.05) is 33.0 Å². The molecule has 7 heteroatoms. The molecule has 0 fully saturated rings. The highest BCUT2D eigenvalue weighted by atomic mass is 28.4. The molecular formula is C24H35N3O3Si. The largest absolute Gasteiger partial charge is 0.481 e. The van der Waals surface area contributed by atoms with Crippen molar-refractivity contribution in [3.8, 4) is 18.0 Å². The summed E-state index contributed by atoms with van der Waals surface area (Å²) in [6, 6.07) is 8.89. The van der Waals surface area contributed by atoms with Gasteiger partial charge in [-0.2, -0.15) is 15.2 Å². The number of aryl methyl sites for hydroxylation is 2. The maximum Gasteiger partial charge on any atom is 0.319 e. The average Bonchev–Trinajstić information content (AvgIpc) is 2.71. The van der Waals surface area contributed by atoms with Crippen molar-refractivity contribution in [1.29, 1.82) is 5.26 Å². The number of benzene rings is 1. The first kappa shape index (κ1) is 24.8. The van der Waals surface area contributed by atoms with Crippen molar-refractivity contribution in [3.63, 3.8) is 0 Å². The Morgan fingerprint density at radius 1 is 1.16 bits per heavy atom. The van der Waals surface area contributed by atoms with Gasteiger partial charge in [-0.05, 0) is 55.4 Å². The third-order valence-electron chi connectivity index (χ3n) is 6.30. The first-order chi connectivity index (χ1) is 14.5. The monoisotopic (exact) mass is 441 g/mol. The van der Waals surface area contributed by atoms with Crippen molar-refractivity contribution >= 4 is 8.32 Å². The Balaban J connectivity index is 2.49. The van der Waals surface area contributed by atoms with Gasteiger partial charge in [-0.25, -0.2) is 0 Å². The predicted molar refractivity (Wildman–Crippen MR) is 125 cm³/mol. The molecule has 0 aliphatic rings.